The molecule has 1 aromatic carbocycles. The third kappa shape index (κ3) is 1.39. The Morgan fingerprint density at radius 2 is 1.91 bits per heavy atom. The van der Waals surface area contributed by atoms with Crippen molar-refractivity contribution in [3.8, 4) is 11.5 Å². The number of rotatable bonds is 1. The fourth-order valence-electron chi connectivity index (χ4n) is 0.675. The zero-order valence-electron chi connectivity index (χ0n) is 5.77. The van der Waals surface area contributed by atoms with Crippen LogP contribution in [0.15, 0.2) is 12.1 Å². The third-order valence-corrected chi connectivity index (χ3v) is 1.22. The van der Waals surface area contributed by atoms with Crippen LogP contribution in [0.1, 0.15) is 0 Å². The van der Waals surface area contributed by atoms with E-state index < -0.39 is 17.4 Å². The highest BCUT2D eigenvalue weighted by Crippen LogP contribution is 2.25. The zero-order chi connectivity index (χ0) is 8.43. The minimum atomic E-state index is -0.997. The second-order valence-electron chi connectivity index (χ2n) is 1.94. The summed E-state index contributed by atoms with van der Waals surface area (Å²) in [5.41, 5.74) is 0. The van der Waals surface area contributed by atoms with E-state index in [4.69, 9.17) is 5.11 Å². The first-order valence-corrected chi connectivity index (χ1v) is 2.87. The average Bonchev–Trinajstić information content (AvgIpc) is 1.97. The van der Waals surface area contributed by atoms with Crippen molar-refractivity contribution >= 4 is 0 Å². The predicted octanol–water partition coefficient (Wildman–Crippen LogP) is 1.68. The first-order chi connectivity index (χ1) is 5.15. The Bertz CT molecular complexity index is 273. The van der Waals surface area contributed by atoms with Crippen molar-refractivity contribution in [2.75, 3.05) is 7.11 Å². The molecule has 0 heterocycles. The van der Waals surface area contributed by atoms with Crippen LogP contribution in [0, 0.1) is 11.6 Å². The van der Waals surface area contributed by atoms with Crippen LogP contribution < -0.4 is 4.74 Å². The van der Waals surface area contributed by atoms with Gasteiger partial charge in [0.25, 0.3) is 0 Å². The molecule has 0 fully saturated rings. The molecule has 0 aromatic heterocycles. The molecule has 0 bridgehead atoms. The van der Waals surface area contributed by atoms with Gasteiger partial charge >= 0.3 is 0 Å². The van der Waals surface area contributed by atoms with Crippen LogP contribution in [-0.2, 0) is 0 Å². The summed E-state index contributed by atoms with van der Waals surface area (Å²) < 4.78 is 29.4. The SMILES string of the molecule is COc1cc(O)c(F)cc1F. The molecule has 0 aliphatic carbocycles. The van der Waals surface area contributed by atoms with Crippen molar-refractivity contribution < 1.29 is 18.6 Å². The molecule has 11 heavy (non-hydrogen) atoms. The van der Waals surface area contributed by atoms with Crippen LogP contribution in [0.25, 0.3) is 0 Å². The Morgan fingerprint density at radius 1 is 1.27 bits per heavy atom. The number of ether oxygens (including phenoxy) is 1. The van der Waals surface area contributed by atoms with Gasteiger partial charge in [-0.3, -0.25) is 0 Å². The molecule has 0 spiro atoms. The van der Waals surface area contributed by atoms with Crippen LogP contribution in [0.5, 0.6) is 11.5 Å². The van der Waals surface area contributed by atoms with Crippen molar-refractivity contribution in [3.63, 3.8) is 0 Å². The summed E-state index contributed by atoms with van der Waals surface area (Å²) in [5.74, 6) is -2.63. The summed E-state index contributed by atoms with van der Waals surface area (Å²) in [5, 5.41) is 8.73. The lowest BCUT2D eigenvalue weighted by atomic mass is 10.3. The maximum Gasteiger partial charge on any atom is 0.168 e. The molecule has 0 amide bonds. The Morgan fingerprint density at radius 3 is 2.45 bits per heavy atom. The molecule has 2 nitrogen and oxygen atoms in total. The van der Waals surface area contributed by atoms with Crippen molar-refractivity contribution in [1.82, 2.24) is 0 Å². The van der Waals surface area contributed by atoms with E-state index in [1.807, 2.05) is 0 Å². The van der Waals surface area contributed by atoms with Gasteiger partial charge in [0.05, 0.1) is 7.11 Å². The first-order valence-electron chi connectivity index (χ1n) is 2.87. The molecule has 60 valence electrons. The standard InChI is InChI=1S/C7H6F2O2/c1-11-7-3-6(10)4(8)2-5(7)9/h2-3,10H,1H3. The highest BCUT2D eigenvalue weighted by atomic mass is 19.1. The van der Waals surface area contributed by atoms with E-state index in [2.05, 4.69) is 4.74 Å². The molecule has 1 aromatic rings. The summed E-state index contributed by atoms with van der Waals surface area (Å²) >= 11 is 0. The van der Waals surface area contributed by atoms with Crippen LogP contribution in [-0.4, -0.2) is 12.2 Å². The smallest absolute Gasteiger partial charge is 0.168 e. The van der Waals surface area contributed by atoms with Gasteiger partial charge in [-0.25, -0.2) is 8.78 Å². The molecule has 0 unspecified atom stereocenters. The van der Waals surface area contributed by atoms with E-state index in [9.17, 15) is 8.78 Å². The van der Waals surface area contributed by atoms with E-state index >= 15 is 0 Å². The van der Waals surface area contributed by atoms with Crippen molar-refractivity contribution in [2.24, 2.45) is 0 Å². The molecular weight excluding hydrogens is 154 g/mol. The average molecular weight is 160 g/mol. The summed E-state index contributed by atoms with van der Waals surface area (Å²) in [6.07, 6.45) is 0. The van der Waals surface area contributed by atoms with Crippen molar-refractivity contribution in [1.29, 1.82) is 0 Å². The summed E-state index contributed by atoms with van der Waals surface area (Å²) in [7, 11) is 1.23. The quantitative estimate of drug-likeness (QED) is 0.677. The van der Waals surface area contributed by atoms with Gasteiger partial charge in [0.1, 0.15) is 0 Å². The third-order valence-electron chi connectivity index (χ3n) is 1.22. The lowest BCUT2D eigenvalue weighted by Gasteiger charge is -2.01. The Hall–Kier alpha value is -1.32. The second-order valence-corrected chi connectivity index (χ2v) is 1.94. The number of benzene rings is 1. The van der Waals surface area contributed by atoms with Crippen LogP contribution >= 0.6 is 0 Å². The Balaban J connectivity index is 3.21. The van der Waals surface area contributed by atoms with Crippen LogP contribution in [0.3, 0.4) is 0 Å². The molecule has 1 rings (SSSR count). The van der Waals surface area contributed by atoms with Gasteiger partial charge in [0.2, 0.25) is 0 Å². The van der Waals surface area contributed by atoms with Gasteiger partial charge < -0.3 is 9.84 Å². The van der Waals surface area contributed by atoms with E-state index in [0.717, 1.165) is 6.07 Å². The number of phenolic OH excluding ortho intramolecular Hbond substituents is 1. The van der Waals surface area contributed by atoms with Crippen molar-refractivity contribution in [3.05, 3.63) is 23.8 Å². The van der Waals surface area contributed by atoms with Gasteiger partial charge in [-0.1, -0.05) is 0 Å². The fourth-order valence-corrected chi connectivity index (χ4v) is 0.675. The topological polar surface area (TPSA) is 29.5 Å². The highest BCUT2D eigenvalue weighted by Gasteiger charge is 2.08. The monoisotopic (exact) mass is 160 g/mol. The van der Waals surface area contributed by atoms with Gasteiger partial charge in [-0.15, -0.1) is 0 Å². The van der Waals surface area contributed by atoms with E-state index in [0.29, 0.717) is 6.07 Å². The summed E-state index contributed by atoms with van der Waals surface area (Å²) in [6, 6.07) is 1.44. The van der Waals surface area contributed by atoms with Crippen molar-refractivity contribution in [2.45, 2.75) is 0 Å². The molecule has 1 N–H and O–H groups in total. The second kappa shape index (κ2) is 2.74. The lowest BCUT2D eigenvalue weighted by Crippen LogP contribution is -1.89. The molecule has 4 heteroatoms. The maximum absolute atomic E-state index is 12.6. The number of phenols is 1. The maximum atomic E-state index is 12.6. The molecule has 0 aliphatic heterocycles. The molecule has 0 saturated heterocycles. The summed E-state index contributed by atoms with van der Waals surface area (Å²) in [4.78, 5) is 0. The van der Waals surface area contributed by atoms with Gasteiger partial charge in [-0.2, -0.15) is 0 Å². The number of hydrogen-bond acceptors (Lipinski definition) is 2. The number of hydrogen-bond donors (Lipinski definition) is 1. The molecule has 0 aliphatic rings. The number of methoxy groups -OCH3 is 1. The Kier molecular flexibility index (Phi) is 1.94. The van der Waals surface area contributed by atoms with E-state index in [-0.39, 0.29) is 5.75 Å². The number of aromatic hydroxyl groups is 1. The fraction of sp³-hybridized carbons (Fsp3) is 0.143. The van der Waals surface area contributed by atoms with Gasteiger partial charge in [0.15, 0.2) is 23.1 Å². The summed E-state index contributed by atoms with van der Waals surface area (Å²) in [6.45, 7) is 0. The molecule has 0 atom stereocenters. The minimum absolute atomic E-state index is 0.177. The van der Waals surface area contributed by atoms with Crippen LogP contribution in [0.2, 0.25) is 0 Å². The highest BCUT2D eigenvalue weighted by molar-refractivity contribution is 5.34. The number of halogens is 2. The largest absolute Gasteiger partial charge is 0.505 e. The van der Waals surface area contributed by atoms with E-state index in [1.54, 1.807) is 0 Å². The Labute approximate surface area is 62.0 Å². The minimum Gasteiger partial charge on any atom is -0.505 e. The van der Waals surface area contributed by atoms with Gasteiger partial charge in [-0.05, 0) is 0 Å². The zero-order valence-corrected chi connectivity index (χ0v) is 5.77. The molecule has 0 saturated carbocycles. The van der Waals surface area contributed by atoms with Gasteiger partial charge in [0, 0.05) is 12.1 Å². The molecular formula is C7H6F2O2. The van der Waals surface area contributed by atoms with Crippen LogP contribution in [0.4, 0.5) is 8.78 Å². The lowest BCUT2D eigenvalue weighted by molar-refractivity contribution is 0.370. The predicted molar refractivity (Wildman–Crippen MR) is 34.6 cm³/mol. The van der Waals surface area contributed by atoms with E-state index in [1.165, 1.54) is 7.11 Å². The normalized spacial score (nSPS) is 9.73. The first kappa shape index (κ1) is 7.78. The molecule has 0 radical (unpaired) electrons.